The van der Waals surface area contributed by atoms with Crippen molar-refractivity contribution in [1.29, 1.82) is 0 Å². The van der Waals surface area contributed by atoms with Crippen molar-refractivity contribution >= 4 is 23.3 Å². The highest BCUT2D eigenvalue weighted by Crippen LogP contribution is 2.38. The molecule has 3 nitrogen and oxygen atoms in total. The lowest BCUT2D eigenvalue weighted by molar-refractivity contribution is 0.0697. The van der Waals surface area contributed by atoms with Crippen molar-refractivity contribution in [3.63, 3.8) is 0 Å². The van der Waals surface area contributed by atoms with Gasteiger partial charge in [0.05, 0.1) is 11.6 Å². The smallest absolute Gasteiger partial charge is 0.335 e. The van der Waals surface area contributed by atoms with Gasteiger partial charge >= 0.3 is 5.97 Å². The summed E-state index contributed by atoms with van der Waals surface area (Å²) in [5.74, 6) is -0.898. The Morgan fingerprint density at radius 3 is 2.52 bits per heavy atom. The van der Waals surface area contributed by atoms with Gasteiger partial charge in [0.15, 0.2) is 0 Å². The van der Waals surface area contributed by atoms with Crippen LogP contribution in [0.25, 0.3) is 0 Å². The number of halogens is 1. The topological polar surface area (TPSA) is 40.5 Å². The van der Waals surface area contributed by atoms with Crippen molar-refractivity contribution in [2.75, 3.05) is 11.4 Å². The van der Waals surface area contributed by atoms with E-state index < -0.39 is 5.97 Å². The maximum absolute atomic E-state index is 10.9. The first kappa shape index (κ1) is 14.0. The Kier molecular flexibility index (Phi) is 3.84. The van der Waals surface area contributed by atoms with Gasteiger partial charge in [0.2, 0.25) is 0 Å². The first-order chi connectivity index (χ1) is 10.2. The number of hydrogen-bond acceptors (Lipinski definition) is 2. The first-order valence-electron chi connectivity index (χ1n) is 7.01. The zero-order valence-electron chi connectivity index (χ0n) is 11.5. The van der Waals surface area contributed by atoms with Crippen LogP contribution in [-0.2, 0) is 0 Å². The maximum atomic E-state index is 10.9. The molecular weight excluding hydrogens is 286 g/mol. The van der Waals surface area contributed by atoms with E-state index in [1.807, 2.05) is 30.3 Å². The summed E-state index contributed by atoms with van der Waals surface area (Å²) in [4.78, 5) is 13.2. The minimum atomic E-state index is -0.898. The van der Waals surface area contributed by atoms with E-state index >= 15 is 0 Å². The van der Waals surface area contributed by atoms with Gasteiger partial charge in [-0.2, -0.15) is 0 Å². The summed E-state index contributed by atoms with van der Waals surface area (Å²) < 4.78 is 0. The zero-order valence-corrected chi connectivity index (χ0v) is 12.3. The molecule has 1 N–H and O–H groups in total. The molecule has 1 atom stereocenters. The second kappa shape index (κ2) is 5.78. The molecule has 0 spiro atoms. The third-order valence-electron chi connectivity index (χ3n) is 3.96. The fraction of sp³-hybridized carbons (Fsp3) is 0.235. The number of benzene rings is 2. The maximum Gasteiger partial charge on any atom is 0.335 e. The van der Waals surface area contributed by atoms with E-state index in [9.17, 15) is 4.79 Å². The Labute approximate surface area is 128 Å². The number of carboxylic acid groups (broad SMARTS) is 1. The summed E-state index contributed by atoms with van der Waals surface area (Å²) >= 11 is 6.32. The van der Waals surface area contributed by atoms with Gasteiger partial charge in [0, 0.05) is 17.3 Å². The number of nitrogens with zero attached hydrogens (tertiary/aromatic N) is 1. The number of carbonyl (C=O) groups is 1. The van der Waals surface area contributed by atoms with E-state index in [4.69, 9.17) is 16.7 Å². The Morgan fingerprint density at radius 1 is 1.14 bits per heavy atom. The molecule has 1 heterocycles. The molecule has 2 aromatic rings. The predicted octanol–water partition coefficient (Wildman–Crippen LogP) is 4.38. The Morgan fingerprint density at radius 2 is 1.86 bits per heavy atom. The molecular formula is C17H16ClNO2. The molecule has 2 aromatic carbocycles. The molecule has 3 rings (SSSR count). The highest BCUT2D eigenvalue weighted by Gasteiger charge is 2.27. The highest BCUT2D eigenvalue weighted by atomic mass is 35.5. The molecule has 0 aromatic heterocycles. The number of hydrogen-bond donors (Lipinski definition) is 1. The van der Waals surface area contributed by atoms with Gasteiger partial charge < -0.3 is 10.0 Å². The van der Waals surface area contributed by atoms with E-state index in [0.29, 0.717) is 5.56 Å². The van der Waals surface area contributed by atoms with E-state index in [1.165, 1.54) is 0 Å². The Balaban J connectivity index is 1.90. The van der Waals surface area contributed by atoms with Gasteiger partial charge in [0.25, 0.3) is 0 Å². The molecule has 0 saturated carbocycles. The van der Waals surface area contributed by atoms with E-state index in [0.717, 1.165) is 35.7 Å². The Bertz CT molecular complexity index is 654. The lowest BCUT2D eigenvalue weighted by atomic mass is 10.0. The van der Waals surface area contributed by atoms with Crippen LogP contribution in [0.5, 0.6) is 0 Å². The summed E-state index contributed by atoms with van der Waals surface area (Å²) in [6, 6.07) is 15.2. The normalized spacial score (nSPS) is 18.0. The van der Waals surface area contributed by atoms with E-state index in [1.54, 1.807) is 12.1 Å². The van der Waals surface area contributed by atoms with Crippen molar-refractivity contribution in [2.24, 2.45) is 0 Å². The summed E-state index contributed by atoms with van der Waals surface area (Å²) in [6.45, 7) is 0.961. The molecule has 4 heteroatoms. The molecule has 1 saturated heterocycles. The third-order valence-corrected chi connectivity index (χ3v) is 4.31. The molecule has 0 aliphatic carbocycles. The van der Waals surface area contributed by atoms with Gasteiger partial charge in [-0.1, -0.05) is 29.8 Å². The lowest BCUT2D eigenvalue weighted by Crippen LogP contribution is -2.22. The molecule has 0 radical (unpaired) electrons. The van der Waals surface area contributed by atoms with Crippen molar-refractivity contribution in [3.8, 4) is 0 Å². The van der Waals surface area contributed by atoms with Crippen LogP contribution in [0.4, 0.5) is 5.69 Å². The molecule has 0 amide bonds. The van der Waals surface area contributed by atoms with Gasteiger partial charge in [-0.05, 0) is 48.7 Å². The number of aromatic carboxylic acids is 1. The van der Waals surface area contributed by atoms with Crippen molar-refractivity contribution < 1.29 is 9.90 Å². The quantitative estimate of drug-likeness (QED) is 0.914. The summed E-state index contributed by atoms with van der Waals surface area (Å²) in [7, 11) is 0. The second-order valence-corrected chi connectivity index (χ2v) is 5.63. The highest BCUT2D eigenvalue weighted by molar-refractivity contribution is 6.31. The van der Waals surface area contributed by atoms with Crippen LogP contribution in [-0.4, -0.2) is 17.6 Å². The minimum Gasteiger partial charge on any atom is -0.478 e. The van der Waals surface area contributed by atoms with Crippen LogP contribution in [0, 0.1) is 0 Å². The van der Waals surface area contributed by atoms with Gasteiger partial charge in [-0.15, -0.1) is 0 Å². The molecule has 108 valence electrons. The number of anilines is 1. The molecule has 1 fully saturated rings. The Hall–Kier alpha value is -2.00. The van der Waals surface area contributed by atoms with Crippen molar-refractivity contribution in [2.45, 2.75) is 18.9 Å². The van der Waals surface area contributed by atoms with Gasteiger partial charge in [0.1, 0.15) is 0 Å². The summed E-state index contributed by atoms with van der Waals surface area (Å²) in [6.07, 6.45) is 2.17. The zero-order chi connectivity index (χ0) is 14.8. The van der Waals surface area contributed by atoms with Crippen LogP contribution in [0.1, 0.15) is 34.8 Å². The van der Waals surface area contributed by atoms with Crippen molar-refractivity contribution in [3.05, 3.63) is 64.7 Å². The van der Waals surface area contributed by atoms with Gasteiger partial charge in [-0.25, -0.2) is 4.79 Å². The average molecular weight is 302 g/mol. The van der Waals surface area contributed by atoms with E-state index in [2.05, 4.69) is 11.0 Å². The van der Waals surface area contributed by atoms with Crippen LogP contribution in [0.2, 0.25) is 5.02 Å². The minimum absolute atomic E-state index is 0.259. The fourth-order valence-electron chi connectivity index (χ4n) is 2.94. The molecule has 21 heavy (non-hydrogen) atoms. The molecule has 1 aliphatic rings. The monoisotopic (exact) mass is 301 g/mol. The SMILES string of the molecule is O=C(O)c1ccc(N2CCC[C@H]2c2ccccc2Cl)cc1. The summed E-state index contributed by atoms with van der Waals surface area (Å²) in [5.41, 5.74) is 2.49. The average Bonchev–Trinajstić information content (AvgIpc) is 2.97. The van der Waals surface area contributed by atoms with Crippen LogP contribution < -0.4 is 4.90 Å². The standard InChI is InChI=1S/C17H16ClNO2/c18-15-5-2-1-4-14(15)16-6-3-11-19(16)13-9-7-12(8-10-13)17(20)21/h1-2,4-5,7-10,16H,3,6,11H2,(H,20,21)/t16-/m0/s1. The third kappa shape index (κ3) is 2.74. The second-order valence-electron chi connectivity index (χ2n) is 5.22. The molecule has 0 unspecified atom stereocenters. The van der Waals surface area contributed by atoms with Crippen LogP contribution in [0.15, 0.2) is 48.5 Å². The van der Waals surface area contributed by atoms with Gasteiger partial charge in [-0.3, -0.25) is 0 Å². The predicted molar refractivity (Wildman–Crippen MR) is 84.2 cm³/mol. The van der Waals surface area contributed by atoms with Crippen molar-refractivity contribution in [1.82, 2.24) is 0 Å². The van der Waals surface area contributed by atoms with E-state index in [-0.39, 0.29) is 6.04 Å². The molecule has 0 bridgehead atoms. The lowest BCUT2D eigenvalue weighted by Gasteiger charge is -2.28. The fourth-order valence-corrected chi connectivity index (χ4v) is 3.20. The number of rotatable bonds is 3. The number of carboxylic acids is 1. The summed E-state index contributed by atoms with van der Waals surface area (Å²) in [5, 5.41) is 9.76. The molecule has 1 aliphatic heterocycles. The largest absolute Gasteiger partial charge is 0.478 e. The van der Waals surface area contributed by atoms with Crippen LogP contribution in [0.3, 0.4) is 0 Å². The van der Waals surface area contributed by atoms with Crippen LogP contribution >= 0.6 is 11.6 Å². The first-order valence-corrected chi connectivity index (χ1v) is 7.39.